The second kappa shape index (κ2) is 8.05. The van der Waals surface area contributed by atoms with Gasteiger partial charge in [-0.1, -0.05) is 26.2 Å². The fourth-order valence-electron chi connectivity index (χ4n) is 1.23. The first-order valence-corrected chi connectivity index (χ1v) is 5.12. The summed E-state index contributed by atoms with van der Waals surface area (Å²) >= 11 is 0. The molecule has 0 aromatic rings. The van der Waals surface area contributed by atoms with Crippen LogP contribution < -0.4 is 5.32 Å². The SMILES string of the molecule is CCCCCC(C)NCCC(=O)O. The summed E-state index contributed by atoms with van der Waals surface area (Å²) in [6, 6.07) is 0.450. The highest BCUT2D eigenvalue weighted by Gasteiger charge is 2.01. The topological polar surface area (TPSA) is 49.3 Å². The zero-order valence-electron chi connectivity index (χ0n) is 8.68. The summed E-state index contributed by atoms with van der Waals surface area (Å²) in [4.78, 5) is 10.2. The van der Waals surface area contributed by atoms with E-state index < -0.39 is 5.97 Å². The van der Waals surface area contributed by atoms with Crippen molar-refractivity contribution in [1.29, 1.82) is 0 Å². The van der Waals surface area contributed by atoms with E-state index in [1.165, 1.54) is 19.3 Å². The number of hydrogen-bond acceptors (Lipinski definition) is 2. The largest absolute Gasteiger partial charge is 0.481 e. The Morgan fingerprint density at radius 2 is 2.15 bits per heavy atom. The molecule has 3 nitrogen and oxygen atoms in total. The van der Waals surface area contributed by atoms with Crippen LogP contribution in [0.1, 0.15) is 46.0 Å². The molecule has 0 radical (unpaired) electrons. The smallest absolute Gasteiger partial charge is 0.304 e. The number of aliphatic carboxylic acids is 1. The predicted octanol–water partition coefficient (Wildman–Crippen LogP) is 2.02. The van der Waals surface area contributed by atoms with Gasteiger partial charge in [0.2, 0.25) is 0 Å². The number of unbranched alkanes of at least 4 members (excludes halogenated alkanes) is 2. The van der Waals surface area contributed by atoms with Crippen molar-refractivity contribution in [2.75, 3.05) is 6.54 Å². The average Bonchev–Trinajstić information content (AvgIpc) is 2.04. The van der Waals surface area contributed by atoms with Crippen LogP contribution in [0.3, 0.4) is 0 Å². The summed E-state index contributed by atoms with van der Waals surface area (Å²) in [5, 5.41) is 11.6. The molecule has 78 valence electrons. The van der Waals surface area contributed by atoms with Gasteiger partial charge in [0.1, 0.15) is 0 Å². The van der Waals surface area contributed by atoms with E-state index in [0.717, 1.165) is 6.42 Å². The third kappa shape index (κ3) is 9.34. The summed E-state index contributed by atoms with van der Waals surface area (Å²) in [5.74, 6) is -0.728. The molecule has 0 aliphatic carbocycles. The number of carbonyl (C=O) groups is 1. The van der Waals surface area contributed by atoms with Crippen LogP contribution in [0.15, 0.2) is 0 Å². The molecule has 0 bridgehead atoms. The highest BCUT2D eigenvalue weighted by atomic mass is 16.4. The molecule has 0 saturated heterocycles. The van der Waals surface area contributed by atoms with Gasteiger partial charge in [0.15, 0.2) is 0 Å². The molecule has 0 amide bonds. The van der Waals surface area contributed by atoms with E-state index in [2.05, 4.69) is 19.2 Å². The van der Waals surface area contributed by atoms with E-state index in [1.807, 2.05) is 0 Å². The van der Waals surface area contributed by atoms with Crippen LogP contribution in [0.2, 0.25) is 0 Å². The lowest BCUT2D eigenvalue weighted by Gasteiger charge is -2.12. The van der Waals surface area contributed by atoms with E-state index in [0.29, 0.717) is 12.6 Å². The first-order chi connectivity index (χ1) is 6.16. The summed E-state index contributed by atoms with van der Waals surface area (Å²) in [6.07, 6.45) is 5.11. The molecule has 0 aromatic heterocycles. The summed E-state index contributed by atoms with van der Waals surface area (Å²) in [7, 11) is 0. The van der Waals surface area contributed by atoms with Gasteiger partial charge in [-0.2, -0.15) is 0 Å². The van der Waals surface area contributed by atoms with Crippen LogP contribution in [0.4, 0.5) is 0 Å². The highest BCUT2D eigenvalue weighted by Crippen LogP contribution is 2.02. The standard InChI is InChI=1S/C10H21NO2/c1-3-4-5-6-9(2)11-8-7-10(12)13/h9,11H,3-8H2,1-2H3,(H,12,13). The van der Waals surface area contributed by atoms with Gasteiger partial charge in [0.05, 0.1) is 6.42 Å². The molecular formula is C10H21NO2. The Bertz CT molecular complexity index is 137. The fraction of sp³-hybridized carbons (Fsp3) is 0.900. The van der Waals surface area contributed by atoms with Gasteiger partial charge in [-0.05, 0) is 13.3 Å². The van der Waals surface area contributed by atoms with Gasteiger partial charge in [-0.15, -0.1) is 0 Å². The lowest BCUT2D eigenvalue weighted by molar-refractivity contribution is -0.136. The molecule has 3 heteroatoms. The Kier molecular flexibility index (Phi) is 7.69. The third-order valence-corrected chi connectivity index (χ3v) is 2.07. The predicted molar refractivity (Wildman–Crippen MR) is 53.9 cm³/mol. The molecular weight excluding hydrogens is 166 g/mol. The van der Waals surface area contributed by atoms with Crippen molar-refractivity contribution in [1.82, 2.24) is 5.32 Å². The minimum atomic E-state index is -0.728. The van der Waals surface area contributed by atoms with E-state index in [-0.39, 0.29) is 6.42 Å². The second-order valence-electron chi connectivity index (χ2n) is 3.49. The Morgan fingerprint density at radius 1 is 1.46 bits per heavy atom. The van der Waals surface area contributed by atoms with Gasteiger partial charge in [0, 0.05) is 12.6 Å². The van der Waals surface area contributed by atoms with Gasteiger partial charge in [0.25, 0.3) is 0 Å². The number of rotatable bonds is 8. The lowest BCUT2D eigenvalue weighted by Crippen LogP contribution is -2.28. The first-order valence-electron chi connectivity index (χ1n) is 5.12. The van der Waals surface area contributed by atoms with Crippen molar-refractivity contribution in [3.05, 3.63) is 0 Å². The molecule has 2 N–H and O–H groups in total. The summed E-state index contributed by atoms with van der Waals surface area (Å²) in [5.41, 5.74) is 0. The van der Waals surface area contributed by atoms with Crippen molar-refractivity contribution in [3.63, 3.8) is 0 Å². The van der Waals surface area contributed by atoms with E-state index >= 15 is 0 Å². The second-order valence-corrected chi connectivity index (χ2v) is 3.49. The zero-order chi connectivity index (χ0) is 10.1. The van der Waals surface area contributed by atoms with E-state index in [9.17, 15) is 4.79 Å². The molecule has 0 aromatic carbocycles. The van der Waals surface area contributed by atoms with E-state index in [4.69, 9.17) is 5.11 Å². The van der Waals surface area contributed by atoms with Crippen molar-refractivity contribution in [2.45, 2.75) is 52.0 Å². The van der Waals surface area contributed by atoms with Crippen LogP contribution in [0, 0.1) is 0 Å². The van der Waals surface area contributed by atoms with Crippen molar-refractivity contribution < 1.29 is 9.90 Å². The minimum Gasteiger partial charge on any atom is -0.481 e. The Balaban J connectivity index is 3.19. The average molecular weight is 187 g/mol. The van der Waals surface area contributed by atoms with Gasteiger partial charge in [-0.25, -0.2) is 0 Å². The third-order valence-electron chi connectivity index (χ3n) is 2.07. The summed E-state index contributed by atoms with van der Waals surface area (Å²) in [6.45, 7) is 4.88. The van der Waals surface area contributed by atoms with Crippen molar-refractivity contribution >= 4 is 5.97 Å². The molecule has 0 spiro atoms. The van der Waals surface area contributed by atoms with Gasteiger partial charge >= 0.3 is 5.97 Å². The molecule has 0 rings (SSSR count). The Labute approximate surface area is 80.5 Å². The minimum absolute atomic E-state index is 0.220. The van der Waals surface area contributed by atoms with Crippen LogP contribution in [-0.4, -0.2) is 23.7 Å². The molecule has 1 unspecified atom stereocenters. The van der Waals surface area contributed by atoms with Crippen LogP contribution in [0.25, 0.3) is 0 Å². The fourth-order valence-corrected chi connectivity index (χ4v) is 1.23. The molecule has 0 aliphatic rings. The maximum Gasteiger partial charge on any atom is 0.304 e. The molecule has 0 heterocycles. The molecule has 0 fully saturated rings. The maximum absolute atomic E-state index is 10.2. The van der Waals surface area contributed by atoms with Gasteiger partial charge in [-0.3, -0.25) is 4.79 Å². The molecule has 0 saturated carbocycles. The lowest BCUT2D eigenvalue weighted by atomic mass is 10.1. The van der Waals surface area contributed by atoms with Gasteiger partial charge < -0.3 is 10.4 Å². The Hall–Kier alpha value is -0.570. The van der Waals surface area contributed by atoms with Crippen LogP contribution in [-0.2, 0) is 4.79 Å². The highest BCUT2D eigenvalue weighted by molar-refractivity contribution is 5.66. The van der Waals surface area contributed by atoms with E-state index in [1.54, 1.807) is 0 Å². The van der Waals surface area contributed by atoms with Crippen LogP contribution in [0.5, 0.6) is 0 Å². The Morgan fingerprint density at radius 3 is 2.69 bits per heavy atom. The first kappa shape index (κ1) is 12.4. The van der Waals surface area contributed by atoms with Crippen molar-refractivity contribution in [2.24, 2.45) is 0 Å². The number of carboxylic acid groups (broad SMARTS) is 1. The summed E-state index contributed by atoms with van der Waals surface area (Å²) < 4.78 is 0. The number of carboxylic acids is 1. The van der Waals surface area contributed by atoms with Crippen LogP contribution >= 0.6 is 0 Å². The zero-order valence-corrected chi connectivity index (χ0v) is 8.68. The molecule has 1 atom stereocenters. The molecule has 13 heavy (non-hydrogen) atoms. The van der Waals surface area contributed by atoms with Crippen molar-refractivity contribution in [3.8, 4) is 0 Å². The normalized spacial score (nSPS) is 12.8. The monoisotopic (exact) mass is 187 g/mol. The number of nitrogens with one attached hydrogen (secondary N) is 1. The number of hydrogen-bond donors (Lipinski definition) is 2. The quantitative estimate of drug-likeness (QED) is 0.571. The maximum atomic E-state index is 10.2. The molecule has 0 aliphatic heterocycles.